The van der Waals surface area contributed by atoms with Crippen LogP contribution in [-0.4, -0.2) is 25.4 Å². The number of ether oxygens (including phenoxy) is 1. The average Bonchev–Trinajstić information content (AvgIpc) is 1.99. The van der Waals surface area contributed by atoms with Gasteiger partial charge in [-0.05, 0) is 13.3 Å². The highest BCUT2D eigenvalue weighted by Crippen LogP contribution is 2.14. The molecule has 0 heterocycles. The van der Waals surface area contributed by atoms with Crippen molar-refractivity contribution in [3.05, 3.63) is 12.2 Å². The summed E-state index contributed by atoms with van der Waals surface area (Å²) in [5.74, 6) is 5.12. The molecule has 0 spiro atoms. The maximum Gasteiger partial charge on any atom is 0.411 e. The molecular weight excluding hydrogens is 197 g/mol. The monoisotopic (exact) mass is 212 g/mol. The van der Waals surface area contributed by atoms with E-state index in [0.717, 1.165) is 5.57 Å². The molecule has 0 aromatic carbocycles. The van der Waals surface area contributed by atoms with E-state index in [1.165, 1.54) is 0 Å². The molecule has 0 fully saturated rings. The highest BCUT2D eigenvalue weighted by atomic mass is 19.4. The normalized spacial score (nSPS) is 14.1. The van der Waals surface area contributed by atoms with Crippen LogP contribution in [-0.2, 0) is 4.74 Å². The molecule has 0 saturated carbocycles. The minimum Gasteiger partial charge on any atom is -0.370 e. The van der Waals surface area contributed by atoms with E-state index in [1.807, 2.05) is 0 Å². The topological polar surface area (TPSA) is 47.3 Å². The van der Waals surface area contributed by atoms with Crippen LogP contribution in [0.3, 0.4) is 0 Å². The quantitative estimate of drug-likeness (QED) is 0.397. The van der Waals surface area contributed by atoms with Crippen LogP contribution in [0.4, 0.5) is 13.2 Å². The number of nitrogens with one attached hydrogen (secondary N) is 1. The molecule has 6 heteroatoms. The highest BCUT2D eigenvalue weighted by molar-refractivity contribution is 4.92. The fraction of sp³-hybridized carbons (Fsp3) is 0.750. The summed E-state index contributed by atoms with van der Waals surface area (Å²) in [6.45, 7) is 4.07. The van der Waals surface area contributed by atoms with Gasteiger partial charge in [0.25, 0.3) is 0 Å². The number of alkyl halides is 3. The van der Waals surface area contributed by atoms with Crippen molar-refractivity contribution >= 4 is 0 Å². The van der Waals surface area contributed by atoms with Gasteiger partial charge in [-0.3, -0.25) is 11.3 Å². The molecule has 0 saturated heterocycles. The second-order valence-electron chi connectivity index (χ2n) is 3.16. The van der Waals surface area contributed by atoms with Gasteiger partial charge in [0.05, 0.1) is 6.61 Å². The van der Waals surface area contributed by atoms with Gasteiger partial charge in [-0.2, -0.15) is 13.2 Å². The minimum absolute atomic E-state index is 0.0805. The van der Waals surface area contributed by atoms with E-state index in [9.17, 15) is 13.2 Å². The van der Waals surface area contributed by atoms with Crippen LogP contribution in [0.2, 0.25) is 0 Å². The third-order valence-corrected chi connectivity index (χ3v) is 1.42. The molecule has 3 nitrogen and oxygen atoms in total. The number of nitrogens with two attached hydrogens (primary N) is 1. The fourth-order valence-electron chi connectivity index (χ4n) is 0.904. The van der Waals surface area contributed by atoms with Gasteiger partial charge >= 0.3 is 6.18 Å². The van der Waals surface area contributed by atoms with E-state index in [0.29, 0.717) is 6.42 Å². The molecule has 0 aliphatic rings. The standard InChI is InChI=1S/C8H15F3N2O/c1-6(2)3-7(13-12)4-14-5-8(9,10)11/h7,13H,1,3-5,12H2,2H3. The van der Waals surface area contributed by atoms with Gasteiger partial charge in [-0.25, -0.2) is 0 Å². The zero-order chi connectivity index (χ0) is 11.2. The van der Waals surface area contributed by atoms with Gasteiger partial charge in [0.1, 0.15) is 6.61 Å². The molecule has 0 radical (unpaired) electrons. The smallest absolute Gasteiger partial charge is 0.370 e. The summed E-state index contributed by atoms with van der Waals surface area (Å²) in [5, 5.41) is 0. The SMILES string of the molecule is C=C(C)CC(COCC(F)(F)F)NN. The van der Waals surface area contributed by atoms with Gasteiger partial charge in [-0.15, -0.1) is 6.58 Å². The number of rotatable bonds is 6. The van der Waals surface area contributed by atoms with Crippen LogP contribution >= 0.6 is 0 Å². The Morgan fingerprint density at radius 3 is 2.50 bits per heavy atom. The number of halogens is 3. The Kier molecular flexibility index (Phi) is 5.75. The lowest BCUT2D eigenvalue weighted by Gasteiger charge is -2.16. The lowest BCUT2D eigenvalue weighted by atomic mass is 10.1. The second-order valence-corrected chi connectivity index (χ2v) is 3.16. The molecule has 0 aromatic heterocycles. The maximum absolute atomic E-state index is 11.7. The van der Waals surface area contributed by atoms with Gasteiger partial charge in [0, 0.05) is 6.04 Å². The van der Waals surface area contributed by atoms with E-state index < -0.39 is 12.8 Å². The van der Waals surface area contributed by atoms with Crippen LogP contribution in [0.5, 0.6) is 0 Å². The first kappa shape index (κ1) is 13.4. The third-order valence-electron chi connectivity index (χ3n) is 1.42. The van der Waals surface area contributed by atoms with Crippen LogP contribution in [0.1, 0.15) is 13.3 Å². The first-order chi connectivity index (χ1) is 6.35. The van der Waals surface area contributed by atoms with E-state index >= 15 is 0 Å². The van der Waals surface area contributed by atoms with E-state index in [1.54, 1.807) is 6.92 Å². The Labute approximate surface area is 81.1 Å². The van der Waals surface area contributed by atoms with E-state index in [4.69, 9.17) is 5.84 Å². The predicted molar refractivity (Wildman–Crippen MR) is 47.4 cm³/mol. The third kappa shape index (κ3) is 8.03. The number of hydrazine groups is 1. The van der Waals surface area contributed by atoms with Crippen LogP contribution in [0.25, 0.3) is 0 Å². The Bertz CT molecular complexity index is 182. The summed E-state index contributed by atoms with van der Waals surface area (Å²) < 4.78 is 39.5. The van der Waals surface area contributed by atoms with Crippen LogP contribution in [0.15, 0.2) is 12.2 Å². The average molecular weight is 212 g/mol. The van der Waals surface area contributed by atoms with Gasteiger partial charge < -0.3 is 4.74 Å². The van der Waals surface area contributed by atoms with Crippen LogP contribution < -0.4 is 11.3 Å². The van der Waals surface area contributed by atoms with Crippen molar-refractivity contribution in [2.24, 2.45) is 5.84 Å². The lowest BCUT2D eigenvalue weighted by molar-refractivity contribution is -0.175. The van der Waals surface area contributed by atoms with Crippen LogP contribution in [0, 0.1) is 0 Å². The zero-order valence-electron chi connectivity index (χ0n) is 8.03. The summed E-state index contributed by atoms with van der Waals surface area (Å²) in [6.07, 6.45) is -3.79. The Morgan fingerprint density at radius 2 is 2.14 bits per heavy atom. The molecule has 0 rings (SSSR count). The Hall–Kier alpha value is -0.590. The minimum atomic E-state index is -4.29. The lowest BCUT2D eigenvalue weighted by Crippen LogP contribution is -2.39. The van der Waals surface area contributed by atoms with Crippen molar-refractivity contribution in [3.8, 4) is 0 Å². The summed E-state index contributed by atoms with van der Waals surface area (Å²) in [7, 11) is 0. The molecule has 1 unspecified atom stereocenters. The highest BCUT2D eigenvalue weighted by Gasteiger charge is 2.27. The molecule has 0 amide bonds. The molecule has 14 heavy (non-hydrogen) atoms. The molecule has 3 N–H and O–H groups in total. The van der Waals surface area contributed by atoms with Crippen molar-refractivity contribution in [2.75, 3.05) is 13.2 Å². The molecule has 84 valence electrons. The van der Waals surface area contributed by atoms with Gasteiger partial charge in [-0.1, -0.05) is 5.57 Å². The first-order valence-corrected chi connectivity index (χ1v) is 4.10. The molecule has 0 bridgehead atoms. The molecule has 0 aromatic rings. The number of hydrogen-bond donors (Lipinski definition) is 2. The maximum atomic E-state index is 11.7. The summed E-state index contributed by atoms with van der Waals surface area (Å²) in [5.41, 5.74) is 3.20. The first-order valence-electron chi connectivity index (χ1n) is 4.10. The Morgan fingerprint density at radius 1 is 1.57 bits per heavy atom. The van der Waals surface area contributed by atoms with Crippen molar-refractivity contribution in [1.82, 2.24) is 5.43 Å². The molecular formula is C8H15F3N2O. The van der Waals surface area contributed by atoms with Crippen molar-refractivity contribution in [2.45, 2.75) is 25.6 Å². The summed E-state index contributed by atoms with van der Waals surface area (Å²) in [4.78, 5) is 0. The molecule has 1 atom stereocenters. The molecule has 0 aliphatic heterocycles. The van der Waals surface area contributed by atoms with Crippen molar-refractivity contribution < 1.29 is 17.9 Å². The van der Waals surface area contributed by atoms with Crippen molar-refractivity contribution in [1.29, 1.82) is 0 Å². The molecule has 0 aliphatic carbocycles. The second kappa shape index (κ2) is 6.00. The summed E-state index contributed by atoms with van der Waals surface area (Å²) in [6, 6.07) is -0.324. The largest absolute Gasteiger partial charge is 0.411 e. The number of hydrogen-bond acceptors (Lipinski definition) is 3. The van der Waals surface area contributed by atoms with Crippen molar-refractivity contribution in [3.63, 3.8) is 0 Å². The predicted octanol–water partition coefficient (Wildman–Crippen LogP) is 1.36. The van der Waals surface area contributed by atoms with E-state index in [-0.39, 0.29) is 12.6 Å². The zero-order valence-corrected chi connectivity index (χ0v) is 8.03. The van der Waals surface area contributed by atoms with Gasteiger partial charge in [0.2, 0.25) is 0 Å². The van der Waals surface area contributed by atoms with Gasteiger partial charge in [0.15, 0.2) is 0 Å². The van der Waals surface area contributed by atoms with E-state index in [2.05, 4.69) is 16.7 Å². The fourth-order valence-corrected chi connectivity index (χ4v) is 0.904. The Balaban J connectivity index is 3.68. The summed E-state index contributed by atoms with van der Waals surface area (Å²) >= 11 is 0.